The zero-order chi connectivity index (χ0) is 10.7. The van der Waals surface area contributed by atoms with Crippen LogP contribution in [0.4, 0.5) is 0 Å². The number of carbonyl (C=O) groups is 1. The second-order valence-electron chi connectivity index (χ2n) is 4.14. The highest BCUT2D eigenvalue weighted by Gasteiger charge is 2.29. The summed E-state index contributed by atoms with van der Waals surface area (Å²) in [5.41, 5.74) is 5.82. The predicted molar refractivity (Wildman–Crippen MR) is 54.6 cm³/mol. The molecule has 0 spiro atoms. The van der Waals surface area contributed by atoms with Gasteiger partial charge in [-0.25, -0.2) is 0 Å². The molecule has 4 nitrogen and oxygen atoms in total. The Morgan fingerprint density at radius 1 is 1.71 bits per heavy atom. The van der Waals surface area contributed by atoms with E-state index < -0.39 is 6.04 Å². The first-order valence-corrected chi connectivity index (χ1v) is 5.28. The largest absolute Gasteiger partial charge is 0.391 e. The summed E-state index contributed by atoms with van der Waals surface area (Å²) in [5, 5.41) is 9.29. The SMILES string of the molecule is CCC(C)C(N)C(=O)N1CC[C@@H](O)C1. The molecule has 0 bridgehead atoms. The molecule has 14 heavy (non-hydrogen) atoms. The molecule has 0 saturated carbocycles. The number of rotatable bonds is 3. The number of hydrogen-bond acceptors (Lipinski definition) is 3. The standard InChI is InChI=1S/C10H20N2O2/c1-3-7(2)9(11)10(14)12-5-4-8(13)6-12/h7-9,13H,3-6,11H2,1-2H3/t7?,8-,9?/m1/s1. The fraction of sp³-hybridized carbons (Fsp3) is 0.900. The van der Waals surface area contributed by atoms with E-state index in [0.717, 1.165) is 6.42 Å². The van der Waals surface area contributed by atoms with Gasteiger partial charge in [-0.05, 0) is 12.3 Å². The van der Waals surface area contributed by atoms with Crippen molar-refractivity contribution in [1.29, 1.82) is 0 Å². The Hall–Kier alpha value is -0.610. The molecule has 1 heterocycles. The van der Waals surface area contributed by atoms with Crippen molar-refractivity contribution in [3.63, 3.8) is 0 Å². The van der Waals surface area contributed by atoms with Gasteiger partial charge in [0.2, 0.25) is 5.91 Å². The Morgan fingerprint density at radius 2 is 2.36 bits per heavy atom. The number of nitrogens with zero attached hydrogens (tertiary/aromatic N) is 1. The Morgan fingerprint density at radius 3 is 2.79 bits per heavy atom. The molecule has 0 aromatic heterocycles. The van der Waals surface area contributed by atoms with Gasteiger partial charge < -0.3 is 15.7 Å². The summed E-state index contributed by atoms with van der Waals surface area (Å²) in [7, 11) is 0. The van der Waals surface area contributed by atoms with Crippen molar-refractivity contribution in [3.05, 3.63) is 0 Å². The van der Waals surface area contributed by atoms with Gasteiger partial charge in [0.1, 0.15) is 0 Å². The molecule has 82 valence electrons. The van der Waals surface area contributed by atoms with Crippen LogP contribution >= 0.6 is 0 Å². The lowest BCUT2D eigenvalue weighted by Gasteiger charge is -2.23. The minimum atomic E-state index is -0.412. The molecule has 3 N–H and O–H groups in total. The van der Waals surface area contributed by atoms with Crippen molar-refractivity contribution in [1.82, 2.24) is 4.90 Å². The van der Waals surface area contributed by atoms with Gasteiger partial charge in [-0.3, -0.25) is 4.79 Å². The molecule has 1 rings (SSSR count). The van der Waals surface area contributed by atoms with E-state index in [-0.39, 0.29) is 17.9 Å². The lowest BCUT2D eigenvalue weighted by atomic mass is 9.99. The first-order valence-electron chi connectivity index (χ1n) is 5.28. The van der Waals surface area contributed by atoms with Crippen LogP contribution in [0.1, 0.15) is 26.7 Å². The van der Waals surface area contributed by atoms with Gasteiger partial charge in [-0.2, -0.15) is 0 Å². The third-order valence-electron chi connectivity index (χ3n) is 3.02. The quantitative estimate of drug-likeness (QED) is 0.671. The van der Waals surface area contributed by atoms with Crippen molar-refractivity contribution < 1.29 is 9.90 Å². The molecular formula is C10H20N2O2. The number of aliphatic hydroxyl groups excluding tert-OH is 1. The van der Waals surface area contributed by atoms with E-state index in [2.05, 4.69) is 0 Å². The molecule has 2 unspecified atom stereocenters. The second-order valence-corrected chi connectivity index (χ2v) is 4.14. The van der Waals surface area contributed by atoms with Gasteiger partial charge in [0.05, 0.1) is 12.1 Å². The van der Waals surface area contributed by atoms with E-state index in [0.29, 0.717) is 19.5 Å². The van der Waals surface area contributed by atoms with Gasteiger partial charge in [-0.1, -0.05) is 20.3 Å². The van der Waals surface area contributed by atoms with Crippen LogP contribution in [0.25, 0.3) is 0 Å². The van der Waals surface area contributed by atoms with Gasteiger partial charge in [-0.15, -0.1) is 0 Å². The molecule has 0 aliphatic carbocycles. The zero-order valence-corrected chi connectivity index (χ0v) is 8.94. The Kier molecular flexibility index (Phi) is 3.89. The zero-order valence-electron chi connectivity index (χ0n) is 8.94. The highest BCUT2D eigenvalue weighted by Crippen LogP contribution is 2.14. The molecule has 1 aliphatic rings. The fourth-order valence-corrected chi connectivity index (χ4v) is 1.65. The van der Waals surface area contributed by atoms with Crippen LogP contribution in [-0.4, -0.2) is 41.1 Å². The molecule has 1 fully saturated rings. The molecular weight excluding hydrogens is 180 g/mol. The van der Waals surface area contributed by atoms with Crippen LogP contribution in [-0.2, 0) is 4.79 Å². The van der Waals surface area contributed by atoms with Gasteiger partial charge in [0.25, 0.3) is 0 Å². The number of aliphatic hydroxyl groups is 1. The minimum absolute atomic E-state index is 0.0177. The molecule has 3 atom stereocenters. The number of likely N-dealkylation sites (tertiary alicyclic amines) is 1. The number of nitrogens with two attached hydrogens (primary N) is 1. The Bertz CT molecular complexity index is 204. The van der Waals surface area contributed by atoms with E-state index >= 15 is 0 Å². The summed E-state index contributed by atoms with van der Waals surface area (Å²) >= 11 is 0. The van der Waals surface area contributed by atoms with Crippen molar-refractivity contribution in [2.45, 2.75) is 38.8 Å². The third kappa shape index (κ3) is 2.45. The van der Waals surface area contributed by atoms with Crippen molar-refractivity contribution in [2.24, 2.45) is 11.7 Å². The predicted octanol–water partition coefficient (Wildman–Crippen LogP) is -0.0470. The summed E-state index contributed by atoms with van der Waals surface area (Å²) < 4.78 is 0. The first-order chi connectivity index (χ1) is 6.56. The van der Waals surface area contributed by atoms with Crippen molar-refractivity contribution >= 4 is 5.91 Å². The topological polar surface area (TPSA) is 66.6 Å². The van der Waals surface area contributed by atoms with Crippen LogP contribution in [0.3, 0.4) is 0 Å². The normalized spacial score (nSPS) is 26.3. The molecule has 1 aliphatic heterocycles. The lowest BCUT2D eigenvalue weighted by molar-refractivity contribution is -0.133. The van der Waals surface area contributed by atoms with Crippen LogP contribution in [0.2, 0.25) is 0 Å². The number of β-amino-alcohol motifs (C(OH)–C–C–N with tert-alkyl or cyclic N) is 1. The van der Waals surface area contributed by atoms with Gasteiger partial charge >= 0.3 is 0 Å². The van der Waals surface area contributed by atoms with Crippen molar-refractivity contribution in [3.8, 4) is 0 Å². The van der Waals surface area contributed by atoms with E-state index in [9.17, 15) is 9.90 Å². The summed E-state index contributed by atoms with van der Waals surface area (Å²) in [4.78, 5) is 13.4. The third-order valence-corrected chi connectivity index (χ3v) is 3.02. The minimum Gasteiger partial charge on any atom is -0.391 e. The lowest BCUT2D eigenvalue weighted by Crippen LogP contribution is -2.46. The molecule has 1 amide bonds. The summed E-state index contributed by atoms with van der Waals surface area (Å²) in [6, 6.07) is -0.412. The number of carbonyl (C=O) groups excluding carboxylic acids is 1. The number of hydrogen-bond donors (Lipinski definition) is 2. The molecule has 0 aromatic carbocycles. The van der Waals surface area contributed by atoms with Crippen molar-refractivity contribution in [2.75, 3.05) is 13.1 Å². The van der Waals surface area contributed by atoms with Crippen LogP contribution in [0.5, 0.6) is 0 Å². The van der Waals surface area contributed by atoms with E-state index in [1.54, 1.807) is 4.90 Å². The Balaban J connectivity index is 2.48. The highest BCUT2D eigenvalue weighted by atomic mass is 16.3. The van der Waals surface area contributed by atoms with E-state index in [1.807, 2.05) is 13.8 Å². The van der Waals surface area contributed by atoms with Gasteiger partial charge in [0.15, 0.2) is 0 Å². The Labute approximate surface area is 85.1 Å². The molecule has 0 aromatic rings. The summed E-state index contributed by atoms with van der Waals surface area (Å²) in [6.45, 7) is 5.10. The monoisotopic (exact) mass is 200 g/mol. The van der Waals surface area contributed by atoms with E-state index in [1.165, 1.54) is 0 Å². The molecule has 1 saturated heterocycles. The maximum Gasteiger partial charge on any atom is 0.239 e. The molecule has 0 radical (unpaired) electrons. The van der Waals surface area contributed by atoms with Gasteiger partial charge in [0, 0.05) is 13.1 Å². The van der Waals surface area contributed by atoms with Crippen LogP contribution in [0, 0.1) is 5.92 Å². The maximum absolute atomic E-state index is 11.8. The van der Waals surface area contributed by atoms with Crippen LogP contribution < -0.4 is 5.73 Å². The summed E-state index contributed by atoms with van der Waals surface area (Å²) in [5.74, 6) is 0.191. The average molecular weight is 200 g/mol. The fourth-order valence-electron chi connectivity index (χ4n) is 1.65. The smallest absolute Gasteiger partial charge is 0.239 e. The highest BCUT2D eigenvalue weighted by molar-refractivity contribution is 5.82. The first kappa shape index (κ1) is 11.5. The summed E-state index contributed by atoms with van der Waals surface area (Å²) in [6.07, 6.45) is 1.23. The van der Waals surface area contributed by atoms with E-state index in [4.69, 9.17) is 5.73 Å². The second kappa shape index (κ2) is 4.75. The number of amides is 1. The molecule has 4 heteroatoms. The average Bonchev–Trinajstić information content (AvgIpc) is 2.61. The maximum atomic E-state index is 11.8. The van der Waals surface area contributed by atoms with Crippen LogP contribution in [0.15, 0.2) is 0 Å².